The van der Waals surface area contributed by atoms with E-state index in [-0.39, 0.29) is 6.61 Å². The van der Waals surface area contributed by atoms with Gasteiger partial charge in [-0.05, 0) is 55.9 Å². The van der Waals surface area contributed by atoms with Gasteiger partial charge in [0.2, 0.25) is 0 Å². The van der Waals surface area contributed by atoms with Gasteiger partial charge in [0.1, 0.15) is 0 Å². The number of rotatable bonds is 3. The fraction of sp³-hybridized carbons (Fsp3) is 0.571. The number of hydrogen-bond donors (Lipinski definition) is 1. The lowest BCUT2D eigenvalue weighted by molar-refractivity contribution is 0.299. The van der Waals surface area contributed by atoms with Crippen molar-refractivity contribution >= 4 is 5.69 Å². The molecule has 0 unspecified atom stereocenters. The van der Waals surface area contributed by atoms with Crippen molar-refractivity contribution in [2.24, 2.45) is 0 Å². The normalized spacial score (nSPS) is 16.5. The van der Waals surface area contributed by atoms with E-state index in [1.807, 2.05) is 0 Å². The molecule has 1 aliphatic rings. The maximum Gasteiger partial charge on any atom is 0.0471 e. The van der Waals surface area contributed by atoms with Gasteiger partial charge in [-0.25, -0.2) is 0 Å². The minimum atomic E-state index is 0.240. The van der Waals surface area contributed by atoms with Crippen molar-refractivity contribution in [3.05, 3.63) is 29.3 Å². The first-order valence-electron chi connectivity index (χ1n) is 6.26. The minimum Gasteiger partial charge on any atom is -0.396 e. The van der Waals surface area contributed by atoms with E-state index in [1.165, 1.54) is 49.2 Å². The van der Waals surface area contributed by atoms with E-state index in [4.69, 9.17) is 5.11 Å². The van der Waals surface area contributed by atoms with Gasteiger partial charge >= 0.3 is 0 Å². The van der Waals surface area contributed by atoms with Crippen molar-refractivity contribution in [1.29, 1.82) is 0 Å². The van der Waals surface area contributed by atoms with Crippen molar-refractivity contribution in [3.63, 3.8) is 0 Å². The standard InChI is InChI=1S/C14H21NO/c1-12-11-14(6-5-13(12)7-10-16)15-8-3-2-4-9-15/h5-6,11,16H,2-4,7-10H2,1H3. The number of anilines is 1. The first kappa shape index (κ1) is 11.5. The quantitative estimate of drug-likeness (QED) is 0.844. The zero-order chi connectivity index (χ0) is 11.4. The van der Waals surface area contributed by atoms with Crippen LogP contribution in [0.15, 0.2) is 18.2 Å². The van der Waals surface area contributed by atoms with Gasteiger partial charge in [-0.3, -0.25) is 0 Å². The molecule has 0 saturated carbocycles. The molecule has 2 heteroatoms. The molecule has 88 valence electrons. The zero-order valence-corrected chi connectivity index (χ0v) is 10.1. The molecule has 0 atom stereocenters. The Morgan fingerprint density at radius 3 is 2.56 bits per heavy atom. The fourth-order valence-corrected chi connectivity index (χ4v) is 2.43. The molecule has 1 aromatic carbocycles. The van der Waals surface area contributed by atoms with Crippen LogP contribution in [-0.4, -0.2) is 24.8 Å². The summed E-state index contributed by atoms with van der Waals surface area (Å²) >= 11 is 0. The van der Waals surface area contributed by atoms with Gasteiger partial charge in [0, 0.05) is 25.4 Å². The lowest BCUT2D eigenvalue weighted by Crippen LogP contribution is -2.29. The summed E-state index contributed by atoms with van der Waals surface area (Å²) in [5.41, 5.74) is 3.92. The monoisotopic (exact) mass is 219 g/mol. The Labute approximate surface area is 97.9 Å². The van der Waals surface area contributed by atoms with Gasteiger partial charge in [-0.1, -0.05) is 6.07 Å². The van der Waals surface area contributed by atoms with E-state index >= 15 is 0 Å². The molecule has 1 N–H and O–H groups in total. The summed E-state index contributed by atoms with van der Waals surface area (Å²) in [4.78, 5) is 2.47. The molecule has 1 saturated heterocycles. The molecule has 0 aromatic heterocycles. The van der Waals surface area contributed by atoms with Gasteiger partial charge in [0.25, 0.3) is 0 Å². The van der Waals surface area contributed by atoms with Crippen LogP contribution in [0.2, 0.25) is 0 Å². The number of piperidine rings is 1. The Balaban J connectivity index is 2.13. The largest absolute Gasteiger partial charge is 0.396 e. The van der Waals surface area contributed by atoms with Crippen molar-refractivity contribution in [1.82, 2.24) is 0 Å². The molecular formula is C14H21NO. The molecule has 1 aliphatic heterocycles. The molecule has 16 heavy (non-hydrogen) atoms. The minimum absolute atomic E-state index is 0.240. The van der Waals surface area contributed by atoms with Gasteiger partial charge in [0.15, 0.2) is 0 Å². The Morgan fingerprint density at radius 1 is 1.19 bits per heavy atom. The number of hydrogen-bond acceptors (Lipinski definition) is 2. The molecule has 0 radical (unpaired) electrons. The van der Waals surface area contributed by atoms with E-state index in [9.17, 15) is 0 Å². The van der Waals surface area contributed by atoms with Crippen LogP contribution < -0.4 is 4.90 Å². The number of aryl methyl sites for hydroxylation is 1. The number of aliphatic hydroxyl groups excluding tert-OH is 1. The summed E-state index contributed by atoms with van der Waals surface area (Å²) in [5, 5.41) is 8.95. The summed E-state index contributed by atoms with van der Waals surface area (Å²) in [5.74, 6) is 0. The first-order valence-corrected chi connectivity index (χ1v) is 6.26. The summed E-state index contributed by atoms with van der Waals surface area (Å²) in [7, 11) is 0. The van der Waals surface area contributed by atoms with Crippen molar-refractivity contribution in [2.75, 3.05) is 24.6 Å². The highest BCUT2D eigenvalue weighted by molar-refractivity contribution is 5.51. The Hall–Kier alpha value is -1.02. The maximum atomic E-state index is 8.95. The molecule has 2 rings (SSSR count). The molecule has 0 amide bonds. The van der Waals surface area contributed by atoms with Crippen molar-refractivity contribution in [3.8, 4) is 0 Å². The molecule has 0 aliphatic carbocycles. The summed E-state index contributed by atoms with van der Waals surface area (Å²) in [6.45, 7) is 4.76. The van der Waals surface area contributed by atoms with Crippen LogP contribution in [0.4, 0.5) is 5.69 Å². The third kappa shape index (κ3) is 2.56. The second-order valence-corrected chi connectivity index (χ2v) is 4.63. The van der Waals surface area contributed by atoms with Gasteiger partial charge in [0.05, 0.1) is 0 Å². The van der Waals surface area contributed by atoms with Crippen LogP contribution in [0.5, 0.6) is 0 Å². The topological polar surface area (TPSA) is 23.5 Å². The Kier molecular flexibility index (Phi) is 3.83. The van der Waals surface area contributed by atoms with Crippen LogP contribution in [0, 0.1) is 6.92 Å². The fourth-order valence-electron chi connectivity index (χ4n) is 2.43. The Bertz CT molecular complexity index is 343. The van der Waals surface area contributed by atoms with E-state index in [1.54, 1.807) is 0 Å². The van der Waals surface area contributed by atoms with Gasteiger partial charge in [-0.15, -0.1) is 0 Å². The number of nitrogens with zero attached hydrogens (tertiary/aromatic N) is 1. The smallest absolute Gasteiger partial charge is 0.0471 e. The molecule has 1 fully saturated rings. The van der Waals surface area contributed by atoms with Gasteiger partial charge in [-0.2, -0.15) is 0 Å². The highest BCUT2D eigenvalue weighted by Gasteiger charge is 2.11. The second kappa shape index (κ2) is 5.35. The zero-order valence-electron chi connectivity index (χ0n) is 10.1. The number of aliphatic hydroxyl groups is 1. The lowest BCUT2D eigenvalue weighted by Gasteiger charge is -2.29. The lowest BCUT2D eigenvalue weighted by atomic mass is 10.0. The third-order valence-corrected chi connectivity index (χ3v) is 3.43. The van der Waals surface area contributed by atoms with Crippen LogP contribution in [0.1, 0.15) is 30.4 Å². The molecular weight excluding hydrogens is 198 g/mol. The molecule has 2 nitrogen and oxygen atoms in total. The average Bonchev–Trinajstić information content (AvgIpc) is 2.33. The van der Waals surface area contributed by atoms with Crippen LogP contribution in [0.25, 0.3) is 0 Å². The van der Waals surface area contributed by atoms with Crippen LogP contribution in [-0.2, 0) is 6.42 Å². The SMILES string of the molecule is Cc1cc(N2CCCCC2)ccc1CCO. The summed E-state index contributed by atoms with van der Waals surface area (Å²) in [6.07, 6.45) is 4.78. The molecule has 0 bridgehead atoms. The van der Waals surface area contributed by atoms with Crippen molar-refractivity contribution < 1.29 is 5.11 Å². The summed E-state index contributed by atoms with van der Waals surface area (Å²) in [6, 6.07) is 6.62. The van der Waals surface area contributed by atoms with E-state index in [0.29, 0.717) is 0 Å². The molecule has 0 spiro atoms. The highest BCUT2D eigenvalue weighted by Crippen LogP contribution is 2.22. The summed E-state index contributed by atoms with van der Waals surface area (Å²) < 4.78 is 0. The maximum absolute atomic E-state index is 8.95. The Morgan fingerprint density at radius 2 is 1.94 bits per heavy atom. The molecule has 1 aromatic rings. The molecule has 1 heterocycles. The van der Waals surface area contributed by atoms with Gasteiger partial charge < -0.3 is 10.0 Å². The van der Waals surface area contributed by atoms with Crippen LogP contribution in [0.3, 0.4) is 0 Å². The van der Waals surface area contributed by atoms with E-state index < -0.39 is 0 Å². The average molecular weight is 219 g/mol. The second-order valence-electron chi connectivity index (χ2n) is 4.63. The third-order valence-electron chi connectivity index (χ3n) is 3.43. The van der Waals surface area contributed by atoms with Crippen LogP contribution >= 0.6 is 0 Å². The van der Waals surface area contributed by atoms with E-state index in [0.717, 1.165) is 6.42 Å². The van der Waals surface area contributed by atoms with Crippen molar-refractivity contribution in [2.45, 2.75) is 32.6 Å². The number of benzene rings is 1. The highest BCUT2D eigenvalue weighted by atomic mass is 16.2. The first-order chi connectivity index (χ1) is 7.81. The predicted molar refractivity (Wildman–Crippen MR) is 68.0 cm³/mol. The van der Waals surface area contributed by atoms with E-state index in [2.05, 4.69) is 30.0 Å². The predicted octanol–water partition coefficient (Wildman–Crippen LogP) is 2.52.